The zero-order valence-corrected chi connectivity index (χ0v) is 20.7. The standard InChI is InChI=1S/C30H32N2O3/c1-4-6-14-32(15-7-5-2)23-11-9-21(10-12-23)28-18-22-17-24(26(33)19-29(22)34-28)30-31-25-16-20(3)8-13-27(25)35-30/h8-13,16-19,33H,4-7,14-15H2,1-3H3. The second-order valence-corrected chi connectivity index (χ2v) is 9.25. The number of fused-ring (bicyclic) bond motifs is 2. The van der Waals surface area contributed by atoms with Crippen LogP contribution >= 0.6 is 0 Å². The minimum Gasteiger partial charge on any atom is -0.507 e. The SMILES string of the molecule is CCCCN(CCCC)c1ccc(-c2cc3cc(-c4nc5cc(C)ccc5o4)c(O)cc3o2)cc1. The van der Waals surface area contributed by atoms with Gasteiger partial charge in [0.25, 0.3) is 0 Å². The van der Waals surface area contributed by atoms with Crippen molar-refractivity contribution in [3.8, 4) is 28.5 Å². The maximum Gasteiger partial charge on any atom is 0.231 e. The number of nitrogens with zero attached hydrogens (tertiary/aromatic N) is 2. The molecule has 0 saturated heterocycles. The topological polar surface area (TPSA) is 62.6 Å². The van der Waals surface area contributed by atoms with Gasteiger partial charge in [-0.3, -0.25) is 0 Å². The molecule has 0 amide bonds. The van der Waals surface area contributed by atoms with Gasteiger partial charge >= 0.3 is 0 Å². The molecule has 0 aliphatic carbocycles. The Bertz CT molecular complexity index is 1440. The Morgan fingerprint density at radius 3 is 2.29 bits per heavy atom. The van der Waals surface area contributed by atoms with Crippen molar-refractivity contribution in [1.29, 1.82) is 0 Å². The third-order valence-electron chi connectivity index (χ3n) is 6.49. The Kier molecular flexibility index (Phi) is 6.49. The van der Waals surface area contributed by atoms with E-state index in [2.05, 4.69) is 48.0 Å². The molecule has 3 aromatic carbocycles. The lowest BCUT2D eigenvalue weighted by Gasteiger charge is -2.24. The lowest BCUT2D eigenvalue weighted by molar-refractivity contribution is 0.473. The monoisotopic (exact) mass is 468 g/mol. The van der Waals surface area contributed by atoms with E-state index in [0.29, 0.717) is 22.6 Å². The van der Waals surface area contributed by atoms with Gasteiger partial charge in [0.2, 0.25) is 5.89 Å². The molecule has 0 radical (unpaired) electrons. The summed E-state index contributed by atoms with van der Waals surface area (Å²) < 4.78 is 12.0. The van der Waals surface area contributed by atoms with Crippen LogP contribution < -0.4 is 4.90 Å². The average Bonchev–Trinajstić information content (AvgIpc) is 3.47. The summed E-state index contributed by atoms with van der Waals surface area (Å²) in [5.41, 5.74) is 6.03. The van der Waals surface area contributed by atoms with Crippen LogP contribution in [0.15, 0.2) is 69.5 Å². The number of unbranched alkanes of at least 4 members (excludes halogenated alkanes) is 2. The first-order valence-corrected chi connectivity index (χ1v) is 12.5. The molecule has 0 aliphatic rings. The Balaban J connectivity index is 1.44. The highest BCUT2D eigenvalue weighted by Crippen LogP contribution is 2.38. The quantitative estimate of drug-likeness (QED) is 0.236. The summed E-state index contributed by atoms with van der Waals surface area (Å²) in [7, 11) is 0. The predicted octanol–water partition coefficient (Wildman–Crippen LogP) is 8.33. The van der Waals surface area contributed by atoms with Crippen LogP contribution in [0.25, 0.3) is 44.8 Å². The molecule has 2 heterocycles. The van der Waals surface area contributed by atoms with Crippen molar-refractivity contribution in [3.63, 3.8) is 0 Å². The Hall–Kier alpha value is -3.73. The molecule has 5 aromatic rings. The average molecular weight is 469 g/mol. The van der Waals surface area contributed by atoms with E-state index in [9.17, 15) is 5.11 Å². The largest absolute Gasteiger partial charge is 0.507 e. The first-order valence-electron chi connectivity index (χ1n) is 12.5. The summed E-state index contributed by atoms with van der Waals surface area (Å²) in [5, 5.41) is 11.6. The molecule has 0 bridgehead atoms. The van der Waals surface area contributed by atoms with Gasteiger partial charge < -0.3 is 18.8 Å². The van der Waals surface area contributed by atoms with Crippen molar-refractivity contribution in [2.45, 2.75) is 46.5 Å². The minimum absolute atomic E-state index is 0.0829. The van der Waals surface area contributed by atoms with Crippen molar-refractivity contribution >= 4 is 27.8 Å². The van der Waals surface area contributed by atoms with Crippen molar-refractivity contribution in [1.82, 2.24) is 4.98 Å². The van der Waals surface area contributed by atoms with Gasteiger partial charge in [0, 0.05) is 35.8 Å². The molecule has 2 aromatic heterocycles. The number of aryl methyl sites for hydroxylation is 1. The highest BCUT2D eigenvalue weighted by Gasteiger charge is 2.16. The van der Waals surface area contributed by atoms with E-state index in [1.165, 1.54) is 31.4 Å². The third kappa shape index (κ3) is 4.76. The molecule has 0 fully saturated rings. The third-order valence-corrected chi connectivity index (χ3v) is 6.49. The molecule has 5 nitrogen and oxygen atoms in total. The van der Waals surface area contributed by atoms with Crippen LogP contribution in [0.3, 0.4) is 0 Å². The van der Waals surface area contributed by atoms with Gasteiger partial charge in [0.1, 0.15) is 22.6 Å². The Morgan fingerprint density at radius 1 is 0.829 bits per heavy atom. The number of hydrogen-bond donors (Lipinski definition) is 1. The number of oxazole rings is 1. The van der Waals surface area contributed by atoms with Crippen molar-refractivity contribution in [3.05, 3.63) is 66.2 Å². The van der Waals surface area contributed by atoms with Crippen LogP contribution in [0.4, 0.5) is 5.69 Å². The van der Waals surface area contributed by atoms with Gasteiger partial charge in [0.15, 0.2) is 5.58 Å². The second-order valence-electron chi connectivity index (χ2n) is 9.25. The summed E-state index contributed by atoms with van der Waals surface area (Å²) in [6.07, 6.45) is 4.77. The molecule has 35 heavy (non-hydrogen) atoms. The number of phenols is 1. The van der Waals surface area contributed by atoms with Crippen LogP contribution in [0.5, 0.6) is 5.75 Å². The number of aromatic hydroxyl groups is 1. The molecule has 0 saturated carbocycles. The molecule has 5 heteroatoms. The fourth-order valence-corrected chi connectivity index (χ4v) is 4.45. The van der Waals surface area contributed by atoms with E-state index in [1.807, 2.05) is 37.3 Å². The zero-order valence-electron chi connectivity index (χ0n) is 20.7. The molecular formula is C30H32N2O3. The number of hydrogen-bond acceptors (Lipinski definition) is 5. The number of rotatable bonds is 9. The fourth-order valence-electron chi connectivity index (χ4n) is 4.45. The highest BCUT2D eigenvalue weighted by atomic mass is 16.4. The summed E-state index contributed by atoms with van der Waals surface area (Å²) >= 11 is 0. The lowest BCUT2D eigenvalue weighted by atomic mass is 10.1. The number of benzene rings is 3. The summed E-state index contributed by atoms with van der Waals surface area (Å²) in [4.78, 5) is 7.06. The van der Waals surface area contributed by atoms with Crippen LogP contribution in [-0.2, 0) is 0 Å². The van der Waals surface area contributed by atoms with Gasteiger partial charge in [-0.2, -0.15) is 0 Å². The predicted molar refractivity (Wildman–Crippen MR) is 143 cm³/mol. The molecule has 0 aliphatic heterocycles. The zero-order chi connectivity index (χ0) is 24.4. The van der Waals surface area contributed by atoms with E-state index in [-0.39, 0.29) is 5.75 Å². The first-order chi connectivity index (χ1) is 17.1. The highest BCUT2D eigenvalue weighted by molar-refractivity contribution is 5.90. The Labute approximate surface area is 206 Å². The summed E-state index contributed by atoms with van der Waals surface area (Å²) in [6.45, 7) is 8.65. The maximum atomic E-state index is 10.7. The minimum atomic E-state index is 0.0829. The van der Waals surface area contributed by atoms with Gasteiger partial charge in [-0.15, -0.1) is 0 Å². The lowest BCUT2D eigenvalue weighted by Crippen LogP contribution is -2.25. The van der Waals surface area contributed by atoms with Crippen LogP contribution in [-0.4, -0.2) is 23.2 Å². The van der Waals surface area contributed by atoms with E-state index in [1.54, 1.807) is 6.07 Å². The maximum absolute atomic E-state index is 10.7. The van der Waals surface area contributed by atoms with Crippen molar-refractivity contribution in [2.24, 2.45) is 0 Å². The van der Waals surface area contributed by atoms with Gasteiger partial charge in [-0.1, -0.05) is 32.8 Å². The van der Waals surface area contributed by atoms with E-state index >= 15 is 0 Å². The van der Waals surface area contributed by atoms with E-state index in [0.717, 1.165) is 40.9 Å². The van der Waals surface area contributed by atoms with Crippen molar-refractivity contribution in [2.75, 3.05) is 18.0 Å². The number of phenolic OH excluding ortho intramolecular Hbond substituents is 1. The number of furan rings is 1. The van der Waals surface area contributed by atoms with Crippen LogP contribution in [0, 0.1) is 6.92 Å². The number of anilines is 1. The summed E-state index contributed by atoms with van der Waals surface area (Å²) in [6, 6.07) is 20.0. The molecule has 1 N–H and O–H groups in total. The van der Waals surface area contributed by atoms with E-state index in [4.69, 9.17) is 8.83 Å². The number of aromatic nitrogens is 1. The molecule has 5 rings (SSSR count). The van der Waals surface area contributed by atoms with Gasteiger partial charge in [-0.05, 0) is 73.9 Å². The van der Waals surface area contributed by atoms with Crippen LogP contribution in [0.1, 0.15) is 45.1 Å². The Morgan fingerprint density at radius 2 is 1.57 bits per heavy atom. The second kappa shape index (κ2) is 9.87. The smallest absolute Gasteiger partial charge is 0.231 e. The first kappa shape index (κ1) is 23.0. The normalized spacial score (nSPS) is 11.5. The molecule has 180 valence electrons. The summed E-state index contributed by atoms with van der Waals surface area (Å²) in [5.74, 6) is 1.25. The molecule has 0 unspecified atom stereocenters. The van der Waals surface area contributed by atoms with Crippen LogP contribution in [0.2, 0.25) is 0 Å². The van der Waals surface area contributed by atoms with Gasteiger partial charge in [-0.25, -0.2) is 4.98 Å². The van der Waals surface area contributed by atoms with E-state index < -0.39 is 0 Å². The fraction of sp³-hybridized carbons (Fsp3) is 0.300. The molecule has 0 spiro atoms. The molecule has 0 atom stereocenters. The molecular weight excluding hydrogens is 436 g/mol. The van der Waals surface area contributed by atoms with Gasteiger partial charge in [0.05, 0.1) is 5.56 Å². The van der Waals surface area contributed by atoms with Crippen molar-refractivity contribution < 1.29 is 13.9 Å².